The number of rotatable bonds is 0. The molecule has 1 saturated heterocycles. The summed E-state index contributed by atoms with van der Waals surface area (Å²) in [5, 5.41) is 19.1. The Hall–Kier alpha value is -0.570. The van der Waals surface area contributed by atoms with Crippen LogP contribution in [0.4, 0.5) is 0 Å². The van der Waals surface area contributed by atoms with Crippen LogP contribution in [0.3, 0.4) is 0 Å². The second kappa shape index (κ2) is 2.35. The molecule has 0 aromatic carbocycles. The molecule has 1 aliphatic heterocycles. The minimum Gasteiger partial charge on any atom is -0.391 e. The van der Waals surface area contributed by atoms with Crippen molar-refractivity contribution >= 4 is 5.84 Å². The Balaban J connectivity index is 2.44. The Morgan fingerprint density at radius 1 is 1.78 bits per heavy atom. The van der Waals surface area contributed by atoms with Crippen molar-refractivity contribution in [3.8, 4) is 0 Å². The number of nitrogens with one attached hydrogen (secondary N) is 2. The van der Waals surface area contributed by atoms with Gasteiger partial charge in [-0.1, -0.05) is 6.92 Å². The maximum atomic E-state index is 9.14. The number of piperidine rings is 1. The summed E-state index contributed by atoms with van der Waals surface area (Å²) in [6, 6.07) is 0. The highest BCUT2D eigenvalue weighted by Gasteiger charge is 2.20. The van der Waals surface area contributed by atoms with Crippen molar-refractivity contribution in [3.63, 3.8) is 0 Å². The molecule has 3 N–H and O–H groups in total. The SMILES string of the molecule is CC1CC(=N)NCC1O. The molecule has 0 bridgehead atoms. The van der Waals surface area contributed by atoms with Gasteiger partial charge in [0.1, 0.15) is 0 Å². The van der Waals surface area contributed by atoms with Gasteiger partial charge in [0, 0.05) is 13.0 Å². The third-order valence-electron chi connectivity index (χ3n) is 1.71. The molecule has 2 unspecified atom stereocenters. The Morgan fingerprint density at radius 3 is 2.89 bits per heavy atom. The molecule has 0 aliphatic carbocycles. The van der Waals surface area contributed by atoms with Crippen LogP contribution in [-0.2, 0) is 0 Å². The van der Waals surface area contributed by atoms with Gasteiger partial charge in [0.15, 0.2) is 0 Å². The first-order valence-corrected chi connectivity index (χ1v) is 3.19. The Labute approximate surface area is 54.6 Å². The summed E-state index contributed by atoms with van der Waals surface area (Å²) in [6.07, 6.45) is 0.417. The summed E-state index contributed by atoms with van der Waals surface area (Å²) >= 11 is 0. The van der Waals surface area contributed by atoms with Crippen LogP contribution < -0.4 is 5.32 Å². The van der Waals surface area contributed by atoms with Crippen LogP contribution in [0.15, 0.2) is 0 Å². The molecule has 0 spiro atoms. The zero-order valence-electron chi connectivity index (χ0n) is 5.52. The zero-order chi connectivity index (χ0) is 6.85. The number of aliphatic hydroxyl groups is 1. The Kier molecular flexibility index (Phi) is 1.71. The van der Waals surface area contributed by atoms with Gasteiger partial charge in [-0.2, -0.15) is 0 Å². The summed E-state index contributed by atoms with van der Waals surface area (Å²) in [5.74, 6) is 0.798. The minimum absolute atomic E-state index is 0.249. The van der Waals surface area contributed by atoms with E-state index < -0.39 is 0 Å². The number of amidine groups is 1. The monoisotopic (exact) mass is 128 g/mol. The van der Waals surface area contributed by atoms with Crippen LogP contribution in [0.2, 0.25) is 0 Å². The summed E-state index contributed by atoms with van der Waals surface area (Å²) in [6.45, 7) is 2.50. The first-order chi connectivity index (χ1) is 4.20. The lowest BCUT2D eigenvalue weighted by Crippen LogP contribution is -2.42. The van der Waals surface area contributed by atoms with E-state index >= 15 is 0 Å². The summed E-state index contributed by atoms with van der Waals surface area (Å²) in [5.41, 5.74) is 0. The van der Waals surface area contributed by atoms with Crippen molar-refractivity contribution in [3.05, 3.63) is 0 Å². The molecular weight excluding hydrogens is 116 g/mol. The number of hydrogen-bond donors (Lipinski definition) is 3. The zero-order valence-corrected chi connectivity index (χ0v) is 5.52. The van der Waals surface area contributed by atoms with E-state index in [1.807, 2.05) is 6.92 Å². The average molecular weight is 128 g/mol. The van der Waals surface area contributed by atoms with Crippen LogP contribution in [0.5, 0.6) is 0 Å². The normalized spacial score (nSPS) is 36.0. The van der Waals surface area contributed by atoms with Gasteiger partial charge in [-0.15, -0.1) is 0 Å². The van der Waals surface area contributed by atoms with Gasteiger partial charge >= 0.3 is 0 Å². The van der Waals surface area contributed by atoms with Crippen LogP contribution in [-0.4, -0.2) is 23.6 Å². The van der Waals surface area contributed by atoms with Crippen LogP contribution in [0.1, 0.15) is 13.3 Å². The van der Waals surface area contributed by atoms with Crippen LogP contribution >= 0.6 is 0 Å². The molecule has 0 aromatic heterocycles. The van der Waals surface area contributed by atoms with Crippen molar-refractivity contribution in [1.82, 2.24) is 5.32 Å². The van der Waals surface area contributed by atoms with Crippen molar-refractivity contribution in [1.29, 1.82) is 5.41 Å². The van der Waals surface area contributed by atoms with E-state index in [-0.39, 0.29) is 12.0 Å². The van der Waals surface area contributed by atoms with E-state index in [1.54, 1.807) is 0 Å². The predicted octanol–water partition coefficient (Wildman–Crippen LogP) is -0.0460. The number of hydrogen-bond acceptors (Lipinski definition) is 2. The lowest BCUT2D eigenvalue weighted by Gasteiger charge is -2.25. The fourth-order valence-electron chi connectivity index (χ4n) is 0.959. The van der Waals surface area contributed by atoms with Gasteiger partial charge in [-0.05, 0) is 5.92 Å². The van der Waals surface area contributed by atoms with E-state index in [2.05, 4.69) is 5.32 Å². The Bertz CT molecular complexity index is 124. The fourth-order valence-corrected chi connectivity index (χ4v) is 0.959. The van der Waals surface area contributed by atoms with Gasteiger partial charge < -0.3 is 10.4 Å². The second-order valence-electron chi connectivity index (χ2n) is 2.61. The molecular formula is C6H12N2O. The smallest absolute Gasteiger partial charge is 0.0936 e. The molecule has 1 aliphatic rings. The van der Waals surface area contributed by atoms with E-state index in [1.165, 1.54) is 0 Å². The van der Waals surface area contributed by atoms with Crippen molar-refractivity contribution in [2.75, 3.05) is 6.54 Å². The maximum Gasteiger partial charge on any atom is 0.0936 e. The molecule has 3 heteroatoms. The average Bonchev–Trinajstić information content (AvgIpc) is 1.80. The summed E-state index contributed by atoms with van der Waals surface area (Å²) in [7, 11) is 0. The molecule has 3 nitrogen and oxygen atoms in total. The highest BCUT2D eigenvalue weighted by molar-refractivity contribution is 5.79. The fraction of sp³-hybridized carbons (Fsp3) is 0.833. The highest BCUT2D eigenvalue weighted by Crippen LogP contribution is 2.11. The highest BCUT2D eigenvalue weighted by atomic mass is 16.3. The lowest BCUT2D eigenvalue weighted by atomic mass is 9.97. The topological polar surface area (TPSA) is 56.1 Å². The van der Waals surface area contributed by atoms with E-state index in [4.69, 9.17) is 10.5 Å². The molecule has 0 saturated carbocycles. The second-order valence-corrected chi connectivity index (χ2v) is 2.61. The third kappa shape index (κ3) is 1.42. The molecule has 1 fully saturated rings. The summed E-state index contributed by atoms with van der Waals surface area (Å²) < 4.78 is 0. The lowest BCUT2D eigenvalue weighted by molar-refractivity contribution is 0.113. The maximum absolute atomic E-state index is 9.14. The number of aliphatic hydroxyl groups excluding tert-OH is 1. The molecule has 52 valence electrons. The van der Waals surface area contributed by atoms with E-state index in [0.29, 0.717) is 18.8 Å². The standard InChI is InChI=1S/C6H12N2O/c1-4-2-6(7)8-3-5(4)9/h4-5,9H,2-3H2,1H3,(H2,7,8). The molecule has 9 heavy (non-hydrogen) atoms. The molecule has 1 rings (SSSR count). The molecule has 0 radical (unpaired) electrons. The molecule has 0 amide bonds. The van der Waals surface area contributed by atoms with Crippen LogP contribution in [0.25, 0.3) is 0 Å². The predicted molar refractivity (Wildman–Crippen MR) is 35.5 cm³/mol. The van der Waals surface area contributed by atoms with E-state index in [0.717, 1.165) is 0 Å². The molecule has 1 heterocycles. The summed E-state index contributed by atoms with van der Waals surface area (Å²) in [4.78, 5) is 0. The van der Waals surface area contributed by atoms with Gasteiger partial charge in [0.25, 0.3) is 0 Å². The minimum atomic E-state index is -0.265. The third-order valence-corrected chi connectivity index (χ3v) is 1.71. The van der Waals surface area contributed by atoms with Gasteiger partial charge in [0.05, 0.1) is 11.9 Å². The van der Waals surface area contributed by atoms with Crippen molar-refractivity contribution < 1.29 is 5.11 Å². The van der Waals surface area contributed by atoms with Gasteiger partial charge in [0.2, 0.25) is 0 Å². The Morgan fingerprint density at radius 2 is 2.44 bits per heavy atom. The van der Waals surface area contributed by atoms with Crippen molar-refractivity contribution in [2.45, 2.75) is 19.4 Å². The molecule has 0 aromatic rings. The van der Waals surface area contributed by atoms with E-state index in [9.17, 15) is 0 Å². The van der Waals surface area contributed by atoms with Gasteiger partial charge in [-0.25, -0.2) is 0 Å². The first kappa shape index (κ1) is 6.55. The largest absolute Gasteiger partial charge is 0.391 e. The first-order valence-electron chi connectivity index (χ1n) is 3.19. The van der Waals surface area contributed by atoms with Crippen molar-refractivity contribution in [2.24, 2.45) is 5.92 Å². The quantitative estimate of drug-likeness (QED) is 0.428. The van der Waals surface area contributed by atoms with Gasteiger partial charge in [-0.3, -0.25) is 5.41 Å². The molecule has 2 atom stereocenters. The van der Waals surface area contributed by atoms with Crippen LogP contribution in [0, 0.1) is 11.3 Å². The number of β-amino-alcohol motifs (C(OH)–C–C–N with tert-alkyl or cyclic N) is 1.